The molecule has 1 aliphatic carbocycles. The highest BCUT2D eigenvalue weighted by Crippen LogP contribution is 2.48. The van der Waals surface area contributed by atoms with Gasteiger partial charge >= 0.3 is 0 Å². The molecule has 0 bridgehead atoms. The molecule has 3 heterocycles. The quantitative estimate of drug-likeness (QED) is 0.641. The van der Waals surface area contributed by atoms with E-state index in [4.69, 9.17) is 0 Å². The number of rotatable bonds is 5. The van der Waals surface area contributed by atoms with Gasteiger partial charge in [0.05, 0.1) is 16.2 Å². The lowest BCUT2D eigenvalue weighted by Gasteiger charge is -2.33. The molecule has 1 aromatic rings. The zero-order valence-electron chi connectivity index (χ0n) is 20.2. The van der Waals surface area contributed by atoms with Gasteiger partial charge in [0.2, 0.25) is 21.8 Å². The molecule has 2 saturated heterocycles. The zero-order chi connectivity index (χ0) is 24.4. The van der Waals surface area contributed by atoms with Crippen molar-refractivity contribution in [2.45, 2.75) is 80.5 Å². The number of amides is 2. The van der Waals surface area contributed by atoms with Gasteiger partial charge in [-0.05, 0) is 80.4 Å². The number of piperidine rings is 1. The number of carbonyl (C=O) groups is 2. The van der Waals surface area contributed by atoms with Crippen LogP contribution in [-0.2, 0) is 19.6 Å². The number of allylic oxidation sites excluding steroid dienone is 1. The summed E-state index contributed by atoms with van der Waals surface area (Å²) in [6, 6.07) is 7.58. The summed E-state index contributed by atoms with van der Waals surface area (Å²) in [6.07, 6.45) is 9.60. The minimum atomic E-state index is -3.76. The van der Waals surface area contributed by atoms with Gasteiger partial charge in [0.25, 0.3) is 0 Å². The third-order valence-electron chi connectivity index (χ3n) is 7.73. The molecule has 2 fully saturated rings. The Morgan fingerprint density at radius 2 is 1.60 bits per heavy atom. The monoisotopic (exact) mass is 517 g/mol. The molecule has 0 aromatic heterocycles. The fourth-order valence-electron chi connectivity index (χ4n) is 5.90. The van der Waals surface area contributed by atoms with Crippen LogP contribution in [0.5, 0.6) is 0 Å². The number of hydrogen-bond acceptors (Lipinski definition) is 5. The molecule has 7 nitrogen and oxygen atoms in total. The molecule has 9 heteroatoms. The van der Waals surface area contributed by atoms with Crippen LogP contribution in [-0.4, -0.2) is 60.5 Å². The normalized spacial score (nSPS) is 28.0. The number of nitrogens with one attached hydrogen (secondary N) is 1. The molecule has 5 rings (SSSR count). The zero-order valence-corrected chi connectivity index (χ0v) is 21.8. The van der Waals surface area contributed by atoms with E-state index in [0.717, 1.165) is 58.0 Å². The highest BCUT2D eigenvalue weighted by atomic mass is 32.2. The summed E-state index contributed by atoms with van der Waals surface area (Å²) in [6.45, 7) is 1.90. The Bertz CT molecular complexity index is 1080. The van der Waals surface area contributed by atoms with Gasteiger partial charge in [-0.2, -0.15) is 4.31 Å². The minimum Gasteiger partial charge on any atom is -0.342 e. The molecule has 4 aliphatic rings. The SMILES string of the molecule is O=C(NC1SC2=C(CCCCC2)C1C(=O)N1CCCCC1)[C@H]1CCCN1S(=O)(=O)c1ccccc1. The Morgan fingerprint density at radius 3 is 2.37 bits per heavy atom. The second-order valence-electron chi connectivity index (χ2n) is 10.0. The molecule has 2 amide bonds. The molecule has 35 heavy (non-hydrogen) atoms. The van der Waals surface area contributed by atoms with Gasteiger partial charge in [-0.25, -0.2) is 8.42 Å². The van der Waals surface area contributed by atoms with E-state index in [2.05, 4.69) is 5.32 Å². The van der Waals surface area contributed by atoms with Crippen LogP contribution >= 0.6 is 11.8 Å². The first-order valence-electron chi connectivity index (χ1n) is 13.0. The summed E-state index contributed by atoms with van der Waals surface area (Å²) in [5.74, 6) is -0.487. The van der Waals surface area contributed by atoms with Gasteiger partial charge in [-0.15, -0.1) is 11.8 Å². The molecular weight excluding hydrogens is 482 g/mol. The van der Waals surface area contributed by atoms with Crippen molar-refractivity contribution in [2.75, 3.05) is 19.6 Å². The van der Waals surface area contributed by atoms with Crippen molar-refractivity contribution in [1.29, 1.82) is 0 Å². The lowest BCUT2D eigenvalue weighted by molar-refractivity contribution is -0.135. The fourth-order valence-corrected chi connectivity index (χ4v) is 9.12. The summed E-state index contributed by atoms with van der Waals surface area (Å²) in [5, 5.41) is 2.79. The Labute approximate surface area is 212 Å². The lowest BCUT2D eigenvalue weighted by atomic mass is 9.92. The fraction of sp³-hybridized carbons (Fsp3) is 0.615. The van der Waals surface area contributed by atoms with Gasteiger partial charge in [-0.1, -0.05) is 24.6 Å². The van der Waals surface area contributed by atoms with Crippen LogP contribution in [0.1, 0.15) is 64.2 Å². The van der Waals surface area contributed by atoms with Crippen LogP contribution in [0.15, 0.2) is 45.7 Å². The van der Waals surface area contributed by atoms with Gasteiger partial charge in [-0.3, -0.25) is 9.59 Å². The predicted octanol–water partition coefficient (Wildman–Crippen LogP) is 3.88. The average Bonchev–Trinajstić information content (AvgIpc) is 3.44. The van der Waals surface area contributed by atoms with Gasteiger partial charge in [0, 0.05) is 19.6 Å². The van der Waals surface area contributed by atoms with E-state index in [1.165, 1.54) is 21.2 Å². The van der Waals surface area contributed by atoms with Crippen LogP contribution in [0, 0.1) is 5.92 Å². The first-order chi connectivity index (χ1) is 17.0. The van der Waals surface area contributed by atoms with Crippen molar-refractivity contribution in [2.24, 2.45) is 5.92 Å². The van der Waals surface area contributed by atoms with Crippen LogP contribution in [0.25, 0.3) is 0 Å². The minimum absolute atomic E-state index is 0.134. The van der Waals surface area contributed by atoms with E-state index >= 15 is 0 Å². The van der Waals surface area contributed by atoms with Crippen LogP contribution in [0.2, 0.25) is 0 Å². The van der Waals surface area contributed by atoms with Crippen molar-refractivity contribution < 1.29 is 18.0 Å². The maximum atomic E-state index is 13.7. The van der Waals surface area contributed by atoms with E-state index < -0.39 is 16.1 Å². The summed E-state index contributed by atoms with van der Waals surface area (Å²) in [4.78, 5) is 30.7. The molecule has 0 saturated carbocycles. The van der Waals surface area contributed by atoms with Crippen molar-refractivity contribution in [1.82, 2.24) is 14.5 Å². The Balaban J connectivity index is 1.35. The summed E-state index contributed by atoms with van der Waals surface area (Å²) >= 11 is 1.63. The van der Waals surface area contributed by atoms with E-state index in [1.54, 1.807) is 42.1 Å². The highest BCUT2D eigenvalue weighted by molar-refractivity contribution is 8.04. The van der Waals surface area contributed by atoms with E-state index in [-0.39, 0.29) is 28.0 Å². The smallest absolute Gasteiger partial charge is 0.243 e. The lowest BCUT2D eigenvalue weighted by Crippen LogP contribution is -2.52. The first-order valence-corrected chi connectivity index (χ1v) is 15.3. The maximum absolute atomic E-state index is 13.7. The van der Waals surface area contributed by atoms with Crippen LogP contribution < -0.4 is 5.32 Å². The maximum Gasteiger partial charge on any atom is 0.243 e. The number of benzene rings is 1. The molecule has 190 valence electrons. The second-order valence-corrected chi connectivity index (χ2v) is 13.1. The van der Waals surface area contributed by atoms with Gasteiger partial charge in [0.1, 0.15) is 6.04 Å². The average molecular weight is 518 g/mol. The molecule has 2 unspecified atom stereocenters. The van der Waals surface area contributed by atoms with Gasteiger partial charge in [0.15, 0.2) is 0 Å². The van der Waals surface area contributed by atoms with Crippen molar-refractivity contribution in [3.05, 3.63) is 40.8 Å². The number of thioether (sulfide) groups is 1. The molecule has 0 spiro atoms. The molecular formula is C26H35N3O4S2. The predicted molar refractivity (Wildman–Crippen MR) is 137 cm³/mol. The molecule has 3 aliphatic heterocycles. The van der Waals surface area contributed by atoms with Crippen molar-refractivity contribution in [3.63, 3.8) is 0 Å². The third kappa shape index (κ3) is 5.04. The Kier molecular flexibility index (Phi) is 7.55. The summed E-state index contributed by atoms with van der Waals surface area (Å²) in [7, 11) is -3.76. The topological polar surface area (TPSA) is 86.8 Å². The Hall–Kier alpha value is -1.84. The molecule has 1 aromatic carbocycles. The first kappa shape index (κ1) is 24.8. The number of sulfonamides is 1. The molecule has 1 N–H and O–H groups in total. The third-order valence-corrected chi connectivity index (χ3v) is 11.0. The second kappa shape index (κ2) is 10.6. The molecule has 3 atom stereocenters. The van der Waals surface area contributed by atoms with Gasteiger partial charge < -0.3 is 10.2 Å². The van der Waals surface area contributed by atoms with E-state index in [9.17, 15) is 18.0 Å². The number of carbonyl (C=O) groups excluding carboxylic acids is 2. The van der Waals surface area contributed by atoms with E-state index in [0.29, 0.717) is 19.4 Å². The number of nitrogens with zero attached hydrogens (tertiary/aromatic N) is 2. The van der Waals surface area contributed by atoms with Crippen LogP contribution in [0.3, 0.4) is 0 Å². The summed E-state index contributed by atoms with van der Waals surface area (Å²) in [5.41, 5.74) is 1.22. The van der Waals surface area contributed by atoms with Crippen LogP contribution in [0.4, 0.5) is 0 Å². The van der Waals surface area contributed by atoms with Crippen molar-refractivity contribution >= 4 is 33.6 Å². The highest BCUT2D eigenvalue weighted by Gasteiger charge is 2.45. The number of hydrogen-bond donors (Lipinski definition) is 1. The Morgan fingerprint density at radius 1 is 0.886 bits per heavy atom. The molecule has 0 radical (unpaired) electrons. The van der Waals surface area contributed by atoms with E-state index in [1.807, 2.05) is 4.90 Å². The summed E-state index contributed by atoms with van der Waals surface area (Å²) < 4.78 is 27.9. The standard InChI is InChI=1S/C26H35N3O4S2/c30-24(21-14-10-18-29(21)35(32,33)19-11-4-1-5-12-19)27-25-23(26(31)28-16-8-3-9-17-28)20-13-6-2-7-15-22(20)34-25/h1,4-5,11-12,21,23,25H,2-3,6-10,13-18H2,(H,27,30)/t21-,23?,25?/m1/s1. The van der Waals surface area contributed by atoms with Crippen molar-refractivity contribution in [3.8, 4) is 0 Å². The number of likely N-dealkylation sites (tertiary alicyclic amines) is 1. The largest absolute Gasteiger partial charge is 0.342 e.